The Morgan fingerprint density at radius 3 is 2.70 bits per heavy atom. The van der Waals surface area contributed by atoms with Crippen LogP contribution in [0.4, 0.5) is 0 Å². The van der Waals surface area contributed by atoms with Crippen LogP contribution in [0.15, 0.2) is 23.1 Å². The standard InChI is InChI=1S/C17H17NO7S2/c1-3-24-15(21)9-25-11-5-4-10(6-12(11)23-2)7-13-16(22)18(8-14(19)20)17(26)27-13/h4-7H,3,8-9H2,1-2H3,(H,19,20)/b13-7+. The summed E-state index contributed by atoms with van der Waals surface area (Å²) < 4.78 is 15.6. The van der Waals surface area contributed by atoms with Crippen molar-refractivity contribution in [1.82, 2.24) is 4.90 Å². The van der Waals surface area contributed by atoms with E-state index in [0.717, 1.165) is 16.7 Å². The van der Waals surface area contributed by atoms with Crippen LogP contribution < -0.4 is 9.47 Å². The maximum Gasteiger partial charge on any atom is 0.344 e. The molecule has 1 fully saturated rings. The highest BCUT2D eigenvalue weighted by Gasteiger charge is 2.33. The van der Waals surface area contributed by atoms with Gasteiger partial charge in [-0.25, -0.2) is 4.79 Å². The molecule has 1 aromatic rings. The Hall–Kier alpha value is -2.59. The van der Waals surface area contributed by atoms with Gasteiger partial charge in [-0.2, -0.15) is 0 Å². The monoisotopic (exact) mass is 411 g/mol. The maximum absolute atomic E-state index is 12.3. The number of rotatable bonds is 8. The SMILES string of the molecule is CCOC(=O)COc1ccc(/C=C2/SC(=S)N(CC(=O)O)C2=O)cc1OC. The highest BCUT2D eigenvalue weighted by atomic mass is 32.2. The molecule has 1 amide bonds. The minimum absolute atomic E-state index is 0.190. The van der Waals surface area contributed by atoms with Crippen molar-refractivity contribution in [2.45, 2.75) is 6.92 Å². The molecule has 0 atom stereocenters. The van der Waals surface area contributed by atoms with Crippen molar-refractivity contribution in [1.29, 1.82) is 0 Å². The van der Waals surface area contributed by atoms with E-state index >= 15 is 0 Å². The van der Waals surface area contributed by atoms with E-state index in [2.05, 4.69) is 0 Å². The number of carbonyl (C=O) groups excluding carboxylic acids is 2. The molecule has 0 aromatic heterocycles. The number of hydrogen-bond acceptors (Lipinski definition) is 8. The van der Waals surface area contributed by atoms with Gasteiger partial charge in [0.15, 0.2) is 18.1 Å². The number of benzene rings is 1. The van der Waals surface area contributed by atoms with Crippen LogP contribution in [0.3, 0.4) is 0 Å². The summed E-state index contributed by atoms with van der Waals surface area (Å²) in [6.45, 7) is 1.23. The van der Waals surface area contributed by atoms with Gasteiger partial charge in [0.25, 0.3) is 5.91 Å². The molecule has 0 bridgehead atoms. The summed E-state index contributed by atoms with van der Waals surface area (Å²) in [5.74, 6) is -1.38. The molecule has 8 nitrogen and oxygen atoms in total. The molecule has 27 heavy (non-hydrogen) atoms. The van der Waals surface area contributed by atoms with E-state index in [1.54, 1.807) is 31.2 Å². The van der Waals surface area contributed by atoms with E-state index in [-0.39, 0.29) is 17.5 Å². The third-order valence-electron chi connectivity index (χ3n) is 3.30. The quantitative estimate of drug-likeness (QED) is 0.390. The van der Waals surface area contributed by atoms with Crippen LogP contribution in [-0.2, 0) is 19.1 Å². The van der Waals surface area contributed by atoms with Gasteiger partial charge in [0, 0.05) is 0 Å². The number of carboxylic acid groups (broad SMARTS) is 1. The second-order valence-corrected chi connectivity index (χ2v) is 6.84. The van der Waals surface area contributed by atoms with Gasteiger partial charge < -0.3 is 19.3 Å². The number of thiocarbonyl (C=S) groups is 1. The van der Waals surface area contributed by atoms with Crippen molar-refractivity contribution in [2.75, 3.05) is 26.9 Å². The molecule has 0 spiro atoms. The van der Waals surface area contributed by atoms with Crippen LogP contribution in [-0.4, -0.2) is 59.0 Å². The van der Waals surface area contributed by atoms with Crippen molar-refractivity contribution in [3.05, 3.63) is 28.7 Å². The predicted octanol–water partition coefficient (Wildman–Crippen LogP) is 1.92. The van der Waals surface area contributed by atoms with Crippen LogP contribution in [0.2, 0.25) is 0 Å². The number of methoxy groups -OCH3 is 1. The Balaban J connectivity index is 2.16. The molecule has 1 heterocycles. The molecule has 0 aliphatic carbocycles. The fraction of sp³-hybridized carbons (Fsp3) is 0.294. The molecule has 2 rings (SSSR count). The molecule has 1 saturated heterocycles. The first-order valence-electron chi connectivity index (χ1n) is 7.79. The lowest BCUT2D eigenvalue weighted by Gasteiger charge is -2.11. The summed E-state index contributed by atoms with van der Waals surface area (Å²) in [7, 11) is 1.45. The first-order chi connectivity index (χ1) is 12.8. The largest absolute Gasteiger partial charge is 0.493 e. The van der Waals surface area contributed by atoms with Gasteiger partial charge in [-0.1, -0.05) is 30.0 Å². The summed E-state index contributed by atoms with van der Waals surface area (Å²) >= 11 is 6.08. The van der Waals surface area contributed by atoms with Crippen molar-refractivity contribution >= 4 is 52.2 Å². The van der Waals surface area contributed by atoms with Crippen molar-refractivity contribution in [3.63, 3.8) is 0 Å². The summed E-state index contributed by atoms with van der Waals surface area (Å²) in [6.07, 6.45) is 1.58. The molecular weight excluding hydrogens is 394 g/mol. The summed E-state index contributed by atoms with van der Waals surface area (Å²) in [5.41, 5.74) is 0.631. The van der Waals surface area contributed by atoms with Crippen molar-refractivity contribution in [2.24, 2.45) is 0 Å². The van der Waals surface area contributed by atoms with Gasteiger partial charge in [0.2, 0.25) is 0 Å². The third-order valence-corrected chi connectivity index (χ3v) is 4.68. The minimum atomic E-state index is -1.14. The highest BCUT2D eigenvalue weighted by Crippen LogP contribution is 2.34. The zero-order valence-corrected chi connectivity index (χ0v) is 16.2. The van der Waals surface area contributed by atoms with Gasteiger partial charge in [-0.15, -0.1) is 0 Å². The Labute approximate surface area is 165 Å². The van der Waals surface area contributed by atoms with Gasteiger partial charge >= 0.3 is 11.9 Å². The summed E-state index contributed by atoms with van der Waals surface area (Å²) in [5, 5.41) is 8.86. The number of nitrogens with zero attached hydrogens (tertiary/aromatic N) is 1. The van der Waals surface area contributed by atoms with E-state index < -0.39 is 24.4 Å². The maximum atomic E-state index is 12.3. The van der Waals surface area contributed by atoms with E-state index in [0.29, 0.717) is 22.0 Å². The number of carbonyl (C=O) groups is 3. The molecule has 144 valence electrons. The third kappa shape index (κ3) is 5.44. The van der Waals surface area contributed by atoms with Crippen LogP contribution >= 0.6 is 24.0 Å². The molecule has 1 N–H and O–H groups in total. The normalized spacial score (nSPS) is 15.2. The molecule has 1 aliphatic heterocycles. The Kier molecular flexibility index (Phi) is 7.19. The fourth-order valence-electron chi connectivity index (χ4n) is 2.16. The van der Waals surface area contributed by atoms with Crippen molar-refractivity contribution in [3.8, 4) is 11.5 Å². The molecular formula is C17H17NO7S2. The van der Waals surface area contributed by atoms with Crippen LogP contribution in [0, 0.1) is 0 Å². The number of amides is 1. The van der Waals surface area contributed by atoms with Crippen LogP contribution in [0.5, 0.6) is 11.5 Å². The lowest BCUT2D eigenvalue weighted by molar-refractivity contribution is -0.145. The number of esters is 1. The van der Waals surface area contributed by atoms with E-state index in [1.807, 2.05) is 0 Å². The summed E-state index contributed by atoms with van der Waals surface area (Å²) in [6, 6.07) is 4.90. The molecule has 1 aromatic carbocycles. The Morgan fingerprint density at radius 1 is 1.33 bits per heavy atom. The van der Waals surface area contributed by atoms with Gasteiger partial charge in [-0.05, 0) is 30.7 Å². The van der Waals surface area contributed by atoms with Gasteiger partial charge in [0.05, 0.1) is 18.6 Å². The first kappa shape index (κ1) is 20.7. The van der Waals surface area contributed by atoms with Gasteiger partial charge in [0.1, 0.15) is 10.9 Å². The zero-order chi connectivity index (χ0) is 20.0. The second-order valence-electron chi connectivity index (χ2n) is 5.17. The number of carboxylic acids is 1. The summed E-state index contributed by atoms with van der Waals surface area (Å²) in [4.78, 5) is 35.9. The molecule has 10 heteroatoms. The molecule has 0 radical (unpaired) electrons. The number of aliphatic carboxylic acids is 1. The van der Waals surface area contributed by atoms with E-state index in [4.69, 9.17) is 31.5 Å². The van der Waals surface area contributed by atoms with E-state index in [1.165, 1.54) is 7.11 Å². The topological polar surface area (TPSA) is 102 Å². The van der Waals surface area contributed by atoms with Crippen molar-refractivity contribution < 1.29 is 33.7 Å². The van der Waals surface area contributed by atoms with Crippen LogP contribution in [0.25, 0.3) is 6.08 Å². The van der Waals surface area contributed by atoms with Gasteiger partial charge in [-0.3, -0.25) is 14.5 Å². The fourth-order valence-corrected chi connectivity index (χ4v) is 3.41. The van der Waals surface area contributed by atoms with Crippen LogP contribution in [0.1, 0.15) is 12.5 Å². The van der Waals surface area contributed by atoms with E-state index in [9.17, 15) is 14.4 Å². The lowest BCUT2D eigenvalue weighted by atomic mass is 10.2. The molecule has 0 saturated carbocycles. The molecule has 0 unspecified atom stereocenters. The smallest absolute Gasteiger partial charge is 0.344 e. The number of hydrogen-bond donors (Lipinski definition) is 1. The Bertz CT molecular complexity index is 806. The Morgan fingerprint density at radius 2 is 2.07 bits per heavy atom. The zero-order valence-electron chi connectivity index (χ0n) is 14.6. The first-order valence-corrected chi connectivity index (χ1v) is 9.01. The number of thioether (sulfide) groups is 1. The average Bonchev–Trinajstić information content (AvgIpc) is 2.87. The lowest BCUT2D eigenvalue weighted by Crippen LogP contribution is -2.33. The predicted molar refractivity (Wildman–Crippen MR) is 103 cm³/mol. The number of ether oxygens (including phenoxy) is 3. The average molecular weight is 411 g/mol. The minimum Gasteiger partial charge on any atom is -0.493 e. The highest BCUT2D eigenvalue weighted by molar-refractivity contribution is 8.26. The molecule has 1 aliphatic rings. The second kappa shape index (κ2) is 9.38.